The van der Waals surface area contributed by atoms with Gasteiger partial charge < -0.3 is 5.32 Å². The van der Waals surface area contributed by atoms with Crippen LogP contribution in [0.4, 0.5) is 11.4 Å². The highest BCUT2D eigenvalue weighted by Gasteiger charge is 2.39. The third-order valence-corrected chi connectivity index (χ3v) is 4.49. The van der Waals surface area contributed by atoms with Crippen molar-refractivity contribution in [1.82, 2.24) is 0 Å². The molecule has 0 aliphatic heterocycles. The summed E-state index contributed by atoms with van der Waals surface area (Å²) in [5, 5.41) is 14.4. The van der Waals surface area contributed by atoms with Gasteiger partial charge in [0.25, 0.3) is 5.69 Å². The summed E-state index contributed by atoms with van der Waals surface area (Å²) in [5.41, 5.74) is 0.868. The smallest absolute Gasteiger partial charge is 0.292 e. The van der Waals surface area contributed by atoms with Gasteiger partial charge in [-0.15, -0.1) is 0 Å². The van der Waals surface area contributed by atoms with Crippen molar-refractivity contribution in [3.05, 3.63) is 34.4 Å². The van der Waals surface area contributed by atoms with Crippen molar-refractivity contribution in [2.45, 2.75) is 44.6 Å². The number of para-hydroxylation sites is 2. The Morgan fingerprint density at radius 2 is 1.89 bits per heavy atom. The molecule has 1 aromatic carbocycles. The molecule has 2 aliphatic rings. The van der Waals surface area contributed by atoms with E-state index in [9.17, 15) is 10.1 Å². The molecule has 2 aliphatic carbocycles. The average molecular weight is 260 g/mol. The molecule has 1 aromatic rings. The fraction of sp³-hybridized carbons (Fsp3) is 0.600. The lowest BCUT2D eigenvalue weighted by Gasteiger charge is -2.21. The number of nitrogens with zero attached hydrogens (tertiary/aromatic N) is 1. The highest BCUT2D eigenvalue weighted by atomic mass is 16.6. The van der Waals surface area contributed by atoms with Crippen LogP contribution in [-0.2, 0) is 0 Å². The zero-order chi connectivity index (χ0) is 13.2. The van der Waals surface area contributed by atoms with Gasteiger partial charge in [0, 0.05) is 12.1 Å². The molecule has 102 valence electrons. The van der Waals surface area contributed by atoms with Crippen molar-refractivity contribution < 1.29 is 4.92 Å². The second-order valence-corrected chi connectivity index (χ2v) is 5.89. The van der Waals surface area contributed by atoms with E-state index in [0.717, 1.165) is 18.3 Å². The van der Waals surface area contributed by atoms with Crippen molar-refractivity contribution >= 4 is 11.4 Å². The van der Waals surface area contributed by atoms with Gasteiger partial charge >= 0.3 is 0 Å². The van der Waals surface area contributed by atoms with Crippen molar-refractivity contribution in [2.24, 2.45) is 11.8 Å². The number of anilines is 1. The standard InChI is InChI=1S/C15H20N2O2/c18-17(19)15-8-4-3-7-14(15)16-13-6-2-1-5-11-9-12(11)10-13/h3-4,7-8,11-13,16H,1-2,5-6,9-10H2. The number of hydrogen-bond donors (Lipinski definition) is 1. The van der Waals surface area contributed by atoms with Gasteiger partial charge in [-0.05, 0) is 37.2 Å². The van der Waals surface area contributed by atoms with Crippen molar-refractivity contribution in [1.29, 1.82) is 0 Å². The fourth-order valence-electron chi connectivity index (χ4n) is 3.34. The highest BCUT2D eigenvalue weighted by Crippen LogP contribution is 2.47. The quantitative estimate of drug-likeness (QED) is 0.660. The SMILES string of the molecule is O=[N+]([O-])c1ccccc1NC1CCCCC2CC2C1. The molecule has 1 N–H and O–H groups in total. The first-order chi connectivity index (χ1) is 9.24. The van der Waals surface area contributed by atoms with Crippen LogP contribution in [0.5, 0.6) is 0 Å². The number of benzene rings is 1. The minimum absolute atomic E-state index is 0.192. The molecule has 0 saturated heterocycles. The summed E-state index contributed by atoms with van der Waals surface area (Å²) in [6, 6.07) is 7.37. The van der Waals surface area contributed by atoms with Gasteiger partial charge in [0.2, 0.25) is 0 Å². The minimum atomic E-state index is -0.300. The third-order valence-electron chi connectivity index (χ3n) is 4.49. The average Bonchev–Trinajstić information content (AvgIpc) is 3.09. The molecule has 4 heteroatoms. The lowest BCUT2D eigenvalue weighted by atomic mass is 9.96. The van der Waals surface area contributed by atoms with Crippen LogP contribution in [0.1, 0.15) is 38.5 Å². The van der Waals surface area contributed by atoms with Gasteiger partial charge in [-0.25, -0.2) is 0 Å². The highest BCUT2D eigenvalue weighted by molar-refractivity contribution is 5.61. The van der Waals surface area contributed by atoms with Crippen LogP contribution in [0, 0.1) is 22.0 Å². The molecular formula is C15H20N2O2. The Hall–Kier alpha value is -1.58. The van der Waals surface area contributed by atoms with Crippen LogP contribution in [0.25, 0.3) is 0 Å². The third kappa shape index (κ3) is 2.88. The van der Waals surface area contributed by atoms with Crippen LogP contribution >= 0.6 is 0 Å². The maximum absolute atomic E-state index is 11.0. The summed E-state index contributed by atoms with van der Waals surface area (Å²) in [5.74, 6) is 1.80. The molecule has 3 atom stereocenters. The Bertz CT molecular complexity index is 475. The first-order valence-corrected chi connectivity index (χ1v) is 7.24. The molecule has 0 bridgehead atoms. The van der Waals surface area contributed by atoms with Crippen molar-refractivity contribution in [3.63, 3.8) is 0 Å². The summed E-state index contributed by atoms with van der Waals surface area (Å²) >= 11 is 0. The van der Waals surface area contributed by atoms with E-state index in [1.54, 1.807) is 12.1 Å². The predicted molar refractivity (Wildman–Crippen MR) is 75.2 cm³/mol. The maximum atomic E-state index is 11.0. The number of nitro groups is 1. The summed E-state index contributed by atoms with van der Waals surface area (Å²) in [4.78, 5) is 10.7. The number of fused-ring (bicyclic) bond motifs is 1. The van der Waals surface area contributed by atoms with Crippen molar-refractivity contribution in [2.75, 3.05) is 5.32 Å². The molecule has 4 nitrogen and oxygen atoms in total. The Kier molecular flexibility index (Phi) is 3.40. The zero-order valence-electron chi connectivity index (χ0n) is 11.0. The normalized spacial score (nSPS) is 29.8. The lowest BCUT2D eigenvalue weighted by Crippen LogP contribution is -2.22. The Morgan fingerprint density at radius 1 is 1.11 bits per heavy atom. The molecule has 2 fully saturated rings. The van der Waals surface area contributed by atoms with E-state index in [4.69, 9.17) is 0 Å². The number of nitro benzene ring substituents is 1. The van der Waals surface area contributed by atoms with Crippen LogP contribution in [0.3, 0.4) is 0 Å². The Morgan fingerprint density at radius 3 is 2.74 bits per heavy atom. The second-order valence-electron chi connectivity index (χ2n) is 5.89. The van der Waals surface area contributed by atoms with Gasteiger partial charge in [-0.2, -0.15) is 0 Å². The first-order valence-electron chi connectivity index (χ1n) is 7.24. The van der Waals surface area contributed by atoms with E-state index in [2.05, 4.69) is 5.32 Å². The molecule has 0 radical (unpaired) electrons. The van der Waals surface area contributed by atoms with E-state index < -0.39 is 0 Å². The van der Waals surface area contributed by atoms with E-state index in [0.29, 0.717) is 11.7 Å². The van der Waals surface area contributed by atoms with Gasteiger partial charge in [0.05, 0.1) is 4.92 Å². The van der Waals surface area contributed by atoms with Crippen LogP contribution in [0.15, 0.2) is 24.3 Å². The van der Waals surface area contributed by atoms with Crippen LogP contribution < -0.4 is 5.32 Å². The number of nitrogens with one attached hydrogen (secondary N) is 1. The molecule has 0 spiro atoms. The van der Waals surface area contributed by atoms with Crippen LogP contribution in [0.2, 0.25) is 0 Å². The summed E-state index contributed by atoms with van der Waals surface area (Å²) < 4.78 is 0. The minimum Gasteiger partial charge on any atom is -0.377 e. The molecule has 2 saturated carbocycles. The largest absolute Gasteiger partial charge is 0.377 e. The van der Waals surface area contributed by atoms with Gasteiger partial charge in [-0.1, -0.05) is 31.4 Å². The van der Waals surface area contributed by atoms with Gasteiger partial charge in [0.15, 0.2) is 0 Å². The van der Waals surface area contributed by atoms with E-state index in [-0.39, 0.29) is 10.6 Å². The van der Waals surface area contributed by atoms with E-state index in [1.165, 1.54) is 32.1 Å². The molecular weight excluding hydrogens is 240 g/mol. The predicted octanol–water partition coefficient (Wildman–Crippen LogP) is 3.98. The topological polar surface area (TPSA) is 55.2 Å². The van der Waals surface area contributed by atoms with E-state index >= 15 is 0 Å². The van der Waals surface area contributed by atoms with Crippen LogP contribution in [-0.4, -0.2) is 11.0 Å². The van der Waals surface area contributed by atoms with Gasteiger partial charge in [-0.3, -0.25) is 10.1 Å². The lowest BCUT2D eigenvalue weighted by molar-refractivity contribution is -0.384. The second kappa shape index (κ2) is 5.19. The monoisotopic (exact) mass is 260 g/mol. The zero-order valence-corrected chi connectivity index (χ0v) is 11.0. The molecule has 19 heavy (non-hydrogen) atoms. The molecule has 0 aromatic heterocycles. The number of rotatable bonds is 3. The fourth-order valence-corrected chi connectivity index (χ4v) is 3.34. The summed E-state index contributed by atoms with van der Waals surface area (Å²) in [7, 11) is 0. The molecule has 3 rings (SSSR count). The van der Waals surface area contributed by atoms with Crippen molar-refractivity contribution in [3.8, 4) is 0 Å². The number of hydrogen-bond acceptors (Lipinski definition) is 3. The Balaban J connectivity index is 1.71. The first kappa shape index (κ1) is 12.5. The molecule has 0 heterocycles. The summed E-state index contributed by atoms with van der Waals surface area (Å²) in [6.07, 6.45) is 7.63. The maximum Gasteiger partial charge on any atom is 0.292 e. The van der Waals surface area contributed by atoms with Gasteiger partial charge in [0.1, 0.15) is 5.69 Å². The molecule has 0 amide bonds. The Labute approximate surface area is 113 Å². The molecule has 3 unspecified atom stereocenters. The van der Waals surface area contributed by atoms with E-state index in [1.807, 2.05) is 12.1 Å². The summed E-state index contributed by atoms with van der Waals surface area (Å²) in [6.45, 7) is 0.